The number of piperazine rings is 1. The monoisotopic (exact) mass is 511 g/mol. The molecule has 0 atom stereocenters. The van der Waals surface area contributed by atoms with E-state index in [2.05, 4.69) is 74.3 Å². The van der Waals surface area contributed by atoms with Crippen LogP contribution in [0.25, 0.3) is 16.9 Å². The second-order valence-corrected chi connectivity index (χ2v) is 10.7. The van der Waals surface area contributed by atoms with Crippen molar-refractivity contribution < 1.29 is 4.79 Å². The summed E-state index contributed by atoms with van der Waals surface area (Å²) in [6.07, 6.45) is 8.81. The number of carbonyl (C=O) groups excluding carboxylic acids is 1. The molecule has 1 N–H and O–H groups in total. The van der Waals surface area contributed by atoms with Crippen molar-refractivity contribution in [3.8, 4) is 16.9 Å². The maximum absolute atomic E-state index is 13.1. The van der Waals surface area contributed by atoms with Crippen molar-refractivity contribution in [2.24, 2.45) is 0 Å². The molecule has 1 amide bonds. The third-order valence-corrected chi connectivity index (χ3v) is 6.74. The van der Waals surface area contributed by atoms with Gasteiger partial charge >= 0.3 is 0 Å². The number of rotatable bonds is 5. The minimum absolute atomic E-state index is 0.121. The van der Waals surface area contributed by atoms with E-state index >= 15 is 0 Å². The fourth-order valence-corrected chi connectivity index (χ4v) is 4.32. The quantitative estimate of drug-likeness (QED) is 0.432. The van der Waals surface area contributed by atoms with Gasteiger partial charge in [0.15, 0.2) is 0 Å². The summed E-state index contributed by atoms with van der Waals surface area (Å²) in [5.41, 5.74) is 5.98. The molecule has 0 radical (unpaired) electrons. The third kappa shape index (κ3) is 5.55. The first-order valence-electron chi connectivity index (χ1n) is 12.7. The molecule has 5 heterocycles. The first kappa shape index (κ1) is 25.5. The molecule has 0 saturated carbocycles. The lowest BCUT2D eigenvalue weighted by Crippen LogP contribution is -2.44. The fourth-order valence-electron chi connectivity index (χ4n) is 4.32. The van der Waals surface area contributed by atoms with Gasteiger partial charge in [0.25, 0.3) is 5.91 Å². The molecule has 1 fully saturated rings. The van der Waals surface area contributed by atoms with Crippen molar-refractivity contribution in [3.05, 3.63) is 72.2 Å². The highest BCUT2D eigenvalue weighted by Gasteiger charge is 2.18. The molecule has 196 valence electrons. The van der Waals surface area contributed by atoms with Gasteiger partial charge in [-0.15, -0.1) is 5.10 Å². The molecule has 0 bridgehead atoms. The number of aryl methyl sites for hydroxylation is 1. The van der Waals surface area contributed by atoms with E-state index < -0.39 is 0 Å². The third-order valence-electron chi connectivity index (χ3n) is 6.74. The molecule has 38 heavy (non-hydrogen) atoms. The smallest absolute Gasteiger partial charge is 0.257 e. The van der Waals surface area contributed by atoms with Crippen molar-refractivity contribution in [1.29, 1.82) is 0 Å². The van der Waals surface area contributed by atoms with Gasteiger partial charge in [-0.2, -0.15) is 0 Å². The lowest BCUT2D eigenvalue weighted by molar-refractivity contribution is 0.102. The molecule has 0 unspecified atom stereocenters. The molecule has 0 aliphatic carbocycles. The Balaban J connectivity index is 1.36. The zero-order valence-electron chi connectivity index (χ0n) is 22.5. The van der Waals surface area contributed by atoms with Crippen molar-refractivity contribution >= 4 is 17.3 Å². The van der Waals surface area contributed by atoms with E-state index in [1.165, 1.54) is 0 Å². The van der Waals surface area contributed by atoms with E-state index in [4.69, 9.17) is 0 Å². The zero-order valence-corrected chi connectivity index (χ0v) is 22.5. The predicted molar refractivity (Wildman–Crippen MR) is 148 cm³/mol. The topological polar surface area (TPSA) is 105 Å². The van der Waals surface area contributed by atoms with Gasteiger partial charge in [0, 0.05) is 67.1 Å². The van der Waals surface area contributed by atoms with Gasteiger partial charge in [-0.3, -0.25) is 19.7 Å². The van der Waals surface area contributed by atoms with Gasteiger partial charge in [0.1, 0.15) is 5.69 Å². The van der Waals surface area contributed by atoms with Crippen LogP contribution in [0.15, 0.2) is 55.2 Å². The molecule has 10 heteroatoms. The summed E-state index contributed by atoms with van der Waals surface area (Å²) >= 11 is 0. The largest absolute Gasteiger partial charge is 0.368 e. The van der Waals surface area contributed by atoms with Crippen LogP contribution in [0.4, 0.5) is 11.4 Å². The standard InChI is InChI=1S/C28H33N9O/c1-19-25(13-21(16-31-19)27(38)32-22-6-7-30-26(14-22)28(2,3)4)37-18-24(33-34-37)20-12-23(17-29-15-20)36-10-8-35(5)9-11-36/h6-7,12-18H,8-11H2,1-5H3,(H,30,32,38). The van der Waals surface area contributed by atoms with Crippen LogP contribution in [0.5, 0.6) is 0 Å². The molecule has 4 aromatic rings. The molecule has 4 aromatic heterocycles. The van der Waals surface area contributed by atoms with Crippen LogP contribution in [0.2, 0.25) is 0 Å². The fraction of sp³-hybridized carbons (Fsp3) is 0.357. The van der Waals surface area contributed by atoms with E-state index in [0.29, 0.717) is 22.6 Å². The summed E-state index contributed by atoms with van der Waals surface area (Å²) in [5, 5.41) is 11.7. The molecule has 0 aromatic carbocycles. The highest BCUT2D eigenvalue weighted by molar-refractivity contribution is 6.04. The highest BCUT2D eigenvalue weighted by Crippen LogP contribution is 2.25. The number of carbonyl (C=O) groups is 1. The van der Waals surface area contributed by atoms with Crippen LogP contribution in [0.1, 0.15) is 42.5 Å². The predicted octanol–water partition coefficient (Wildman–Crippen LogP) is 3.73. The van der Waals surface area contributed by atoms with Gasteiger partial charge in [-0.1, -0.05) is 26.0 Å². The Bertz CT molecular complexity index is 1450. The van der Waals surface area contributed by atoms with Crippen LogP contribution < -0.4 is 10.2 Å². The average Bonchev–Trinajstić information content (AvgIpc) is 3.39. The van der Waals surface area contributed by atoms with Crippen LogP contribution in [-0.4, -0.2) is 74.0 Å². The Kier molecular flexibility index (Phi) is 6.90. The van der Waals surface area contributed by atoms with Gasteiger partial charge in [0.05, 0.1) is 35.0 Å². The lowest BCUT2D eigenvalue weighted by Gasteiger charge is -2.33. The minimum Gasteiger partial charge on any atom is -0.368 e. The summed E-state index contributed by atoms with van der Waals surface area (Å²) in [5.74, 6) is -0.255. The molecule has 0 spiro atoms. The number of pyridine rings is 3. The Morgan fingerprint density at radius 3 is 2.55 bits per heavy atom. The highest BCUT2D eigenvalue weighted by atomic mass is 16.1. The minimum atomic E-state index is -0.255. The zero-order chi connectivity index (χ0) is 26.9. The first-order chi connectivity index (χ1) is 18.2. The average molecular weight is 512 g/mol. The normalized spacial score (nSPS) is 14.5. The number of anilines is 2. The van der Waals surface area contributed by atoms with E-state index in [9.17, 15) is 4.79 Å². The summed E-state index contributed by atoms with van der Waals surface area (Å²) in [6, 6.07) is 7.56. The van der Waals surface area contributed by atoms with Crippen molar-refractivity contribution in [3.63, 3.8) is 0 Å². The van der Waals surface area contributed by atoms with Crippen molar-refractivity contribution in [1.82, 2.24) is 34.8 Å². The van der Waals surface area contributed by atoms with Crippen molar-refractivity contribution in [2.75, 3.05) is 43.4 Å². The molecule has 1 aliphatic heterocycles. The Hall–Kier alpha value is -4.18. The van der Waals surface area contributed by atoms with E-state index in [1.54, 1.807) is 35.4 Å². The number of hydrogen-bond acceptors (Lipinski definition) is 8. The van der Waals surface area contributed by atoms with Gasteiger partial charge < -0.3 is 15.1 Å². The van der Waals surface area contributed by atoms with Gasteiger partial charge in [-0.05, 0) is 38.2 Å². The van der Waals surface area contributed by atoms with E-state index in [0.717, 1.165) is 48.8 Å². The SMILES string of the molecule is Cc1ncc(C(=O)Nc2ccnc(C(C)(C)C)c2)cc1-n1cc(-c2cncc(N3CCN(C)CC3)c2)nn1. The summed E-state index contributed by atoms with van der Waals surface area (Å²) in [7, 11) is 2.14. The van der Waals surface area contributed by atoms with Gasteiger partial charge in [0.2, 0.25) is 0 Å². The summed E-state index contributed by atoms with van der Waals surface area (Å²) in [4.78, 5) is 31.1. The molecule has 5 rings (SSSR count). The van der Waals surface area contributed by atoms with E-state index in [1.807, 2.05) is 25.4 Å². The molecular formula is C28H33N9O. The van der Waals surface area contributed by atoms with E-state index in [-0.39, 0.29) is 11.3 Å². The first-order valence-corrected chi connectivity index (χ1v) is 12.7. The Morgan fingerprint density at radius 2 is 1.79 bits per heavy atom. The molecule has 10 nitrogen and oxygen atoms in total. The van der Waals surface area contributed by atoms with Crippen molar-refractivity contribution in [2.45, 2.75) is 33.1 Å². The number of aromatic nitrogens is 6. The van der Waals surface area contributed by atoms with Crippen LogP contribution in [0.3, 0.4) is 0 Å². The second kappa shape index (κ2) is 10.3. The Morgan fingerprint density at radius 1 is 1.00 bits per heavy atom. The van der Waals surface area contributed by atoms with Gasteiger partial charge in [-0.25, -0.2) is 4.68 Å². The molecule has 1 saturated heterocycles. The number of amides is 1. The molecule has 1 aliphatic rings. The number of nitrogens with zero attached hydrogens (tertiary/aromatic N) is 8. The number of likely N-dealkylation sites (N-methyl/N-ethyl adjacent to an activating group) is 1. The number of hydrogen-bond donors (Lipinski definition) is 1. The summed E-state index contributed by atoms with van der Waals surface area (Å²) < 4.78 is 1.65. The Labute approximate surface area is 222 Å². The molecular weight excluding hydrogens is 478 g/mol. The maximum Gasteiger partial charge on any atom is 0.257 e. The van der Waals surface area contributed by atoms with Crippen LogP contribution in [0, 0.1) is 6.92 Å². The number of nitrogens with one attached hydrogen (secondary N) is 1. The lowest BCUT2D eigenvalue weighted by atomic mass is 9.91. The van der Waals surface area contributed by atoms with Crippen LogP contribution >= 0.6 is 0 Å². The second-order valence-electron chi connectivity index (χ2n) is 10.7. The maximum atomic E-state index is 13.1. The van der Waals surface area contributed by atoms with Crippen LogP contribution in [-0.2, 0) is 5.41 Å². The summed E-state index contributed by atoms with van der Waals surface area (Å²) in [6.45, 7) is 12.1.